The van der Waals surface area contributed by atoms with Crippen LogP contribution in [0.25, 0.3) is 0 Å². The van der Waals surface area contributed by atoms with E-state index in [1.54, 1.807) is 6.92 Å². The van der Waals surface area contributed by atoms with Crippen LogP contribution in [0.2, 0.25) is 0 Å². The molecule has 1 atom stereocenters. The van der Waals surface area contributed by atoms with E-state index in [1.165, 1.54) is 0 Å². The van der Waals surface area contributed by atoms with Crippen LogP contribution in [-0.4, -0.2) is 24.1 Å². The Balaban J connectivity index is 0.00000400. The zero-order chi connectivity index (χ0) is 15.2. The number of hydrogen-bond donors (Lipinski definition) is 2. The number of nitrogens with one attached hydrogen (secondary N) is 1. The minimum absolute atomic E-state index is 0. The average Bonchev–Trinajstić information content (AvgIpc) is 2.46. The highest BCUT2D eigenvalue weighted by Crippen LogP contribution is 2.24. The number of amides is 1. The van der Waals surface area contributed by atoms with Crippen LogP contribution in [0, 0.1) is 0 Å². The first kappa shape index (κ1) is 20.2. The predicted octanol–water partition coefficient (Wildman–Crippen LogP) is 3.27. The fourth-order valence-corrected chi connectivity index (χ4v) is 2.07. The minimum Gasteiger partial charge on any atom is -0.480 e. The molecule has 0 aliphatic carbocycles. The van der Waals surface area contributed by atoms with Crippen LogP contribution in [0.3, 0.4) is 0 Å². The second kappa shape index (κ2) is 9.28. The van der Waals surface area contributed by atoms with E-state index in [9.17, 15) is 4.79 Å². The SMILES string of the molecule is CCC(N)(CC)CNC(=O)C(C)Oc1ccccc1Br.Cl. The molecule has 0 saturated heterocycles. The summed E-state index contributed by atoms with van der Waals surface area (Å²) in [7, 11) is 0. The highest BCUT2D eigenvalue weighted by molar-refractivity contribution is 9.10. The molecule has 0 fully saturated rings. The number of halogens is 2. The molecule has 1 rings (SSSR count). The summed E-state index contributed by atoms with van der Waals surface area (Å²) in [6.07, 6.45) is 1.08. The molecular weight excluding hydrogens is 356 g/mol. The maximum absolute atomic E-state index is 12.0. The zero-order valence-electron chi connectivity index (χ0n) is 12.7. The fraction of sp³-hybridized carbons (Fsp3) is 0.533. The molecule has 4 nitrogen and oxygen atoms in total. The van der Waals surface area contributed by atoms with Gasteiger partial charge in [0.2, 0.25) is 0 Å². The lowest BCUT2D eigenvalue weighted by molar-refractivity contribution is -0.127. The number of rotatable bonds is 7. The van der Waals surface area contributed by atoms with Crippen molar-refractivity contribution in [3.8, 4) is 5.75 Å². The first-order chi connectivity index (χ1) is 9.41. The van der Waals surface area contributed by atoms with Crippen molar-refractivity contribution < 1.29 is 9.53 Å². The molecule has 0 heterocycles. The number of nitrogens with two attached hydrogens (primary N) is 1. The minimum atomic E-state index is -0.563. The molecular formula is C15H24BrClN2O2. The van der Waals surface area contributed by atoms with E-state index in [0.29, 0.717) is 12.3 Å². The Morgan fingerprint density at radius 2 is 1.95 bits per heavy atom. The largest absolute Gasteiger partial charge is 0.480 e. The summed E-state index contributed by atoms with van der Waals surface area (Å²) in [5.74, 6) is 0.498. The maximum atomic E-state index is 12.0. The molecule has 6 heteroatoms. The Kier molecular flexibility index (Phi) is 8.94. The van der Waals surface area contributed by atoms with Gasteiger partial charge in [0.25, 0.3) is 5.91 Å². The van der Waals surface area contributed by atoms with E-state index in [-0.39, 0.29) is 23.9 Å². The van der Waals surface area contributed by atoms with Gasteiger partial charge in [-0.25, -0.2) is 0 Å². The average molecular weight is 380 g/mol. The molecule has 1 amide bonds. The molecule has 0 spiro atoms. The molecule has 3 N–H and O–H groups in total. The third-order valence-corrected chi connectivity index (χ3v) is 4.19. The van der Waals surface area contributed by atoms with E-state index in [2.05, 4.69) is 21.2 Å². The lowest BCUT2D eigenvalue weighted by atomic mass is 9.94. The Morgan fingerprint density at radius 1 is 1.38 bits per heavy atom. The summed E-state index contributed by atoms with van der Waals surface area (Å²) in [5.41, 5.74) is 5.81. The summed E-state index contributed by atoms with van der Waals surface area (Å²) >= 11 is 3.39. The lowest BCUT2D eigenvalue weighted by Gasteiger charge is -2.27. The summed E-state index contributed by atoms with van der Waals surface area (Å²) in [5, 5.41) is 2.86. The molecule has 1 aromatic carbocycles. The molecule has 120 valence electrons. The highest BCUT2D eigenvalue weighted by Gasteiger charge is 2.23. The van der Waals surface area contributed by atoms with Gasteiger partial charge < -0.3 is 15.8 Å². The van der Waals surface area contributed by atoms with Gasteiger partial charge in [0.1, 0.15) is 5.75 Å². The van der Waals surface area contributed by atoms with Crippen molar-refractivity contribution in [1.82, 2.24) is 5.32 Å². The molecule has 0 aliphatic heterocycles. The number of para-hydroxylation sites is 1. The normalized spacial score (nSPS) is 12.2. The predicted molar refractivity (Wildman–Crippen MR) is 92.0 cm³/mol. The number of hydrogen-bond acceptors (Lipinski definition) is 3. The molecule has 1 unspecified atom stereocenters. The van der Waals surface area contributed by atoms with Gasteiger partial charge in [-0.1, -0.05) is 26.0 Å². The molecule has 0 radical (unpaired) electrons. The van der Waals surface area contributed by atoms with Gasteiger partial charge in [0.15, 0.2) is 6.10 Å². The number of carbonyl (C=O) groups excluding carboxylic acids is 1. The van der Waals surface area contributed by atoms with E-state index < -0.39 is 6.10 Å². The number of benzene rings is 1. The molecule has 1 aromatic rings. The van der Waals surface area contributed by atoms with Crippen LogP contribution >= 0.6 is 28.3 Å². The van der Waals surface area contributed by atoms with E-state index in [0.717, 1.165) is 17.3 Å². The topological polar surface area (TPSA) is 64.3 Å². The second-order valence-electron chi connectivity index (χ2n) is 4.98. The number of carbonyl (C=O) groups is 1. The first-order valence-corrected chi connectivity index (χ1v) is 7.69. The van der Waals surface area contributed by atoms with E-state index >= 15 is 0 Å². The number of ether oxygens (including phenoxy) is 1. The van der Waals surface area contributed by atoms with Gasteiger partial charge in [-0.05, 0) is 47.8 Å². The summed E-state index contributed by atoms with van der Waals surface area (Å²) in [4.78, 5) is 12.0. The van der Waals surface area contributed by atoms with Gasteiger partial charge in [-0.2, -0.15) is 0 Å². The maximum Gasteiger partial charge on any atom is 0.260 e. The standard InChI is InChI=1S/C15H23BrN2O2.ClH/c1-4-15(17,5-2)10-18-14(19)11(3)20-13-9-7-6-8-12(13)16;/h6-9,11H,4-5,10,17H2,1-3H3,(H,18,19);1H. The Hall–Kier alpha value is -0.780. The van der Waals surface area contributed by atoms with Crippen LogP contribution < -0.4 is 15.8 Å². The third kappa shape index (κ3) is 6.24. The molecule has 0 aliphatic rings. The van der Waals surface area contributed by atoms with E-state index in [1.807, 2.05) is 38.1 Å². The summed E-state index contributed by atoms with van der Waals surface area (Å²) in [6, 6.07) is 7.45. The van der Waals surface area contributed by atoms with Gasteiger partial charge in [0.05, 0.1) is 4.47 Å². The van der Waals surface area contributed by atoms with Crippen LogP contribution in [-0.2, 0) is 4.79 Å². The van der Waals surface area contributed by atoms with Gasteiger partial charge in [-0.3, -0.25) is 4.79 Å². The molecule has 0 saturated carbocycles. The first-order valence-electron chi connectivity index (χ1n) is 6.89. The van der Waals surface area contributed by atoms with Gasteiger partial charge in [-0.15, -0.1) is 12.4 Å². The van der Waals surface area contributed by atoms with Gasteiger partial charge >= 0.3 is 0 Å². The molecule has 0 aromatic heterocycles. The smallest absolute Gasteiger partial charge is 0.260 e. The van der Waals surface area contributed by atoms with E-state index in [4.69, 9.17) is 10.5 Å². The van der Waals surface area contributed by atoms with Crippen LogP contribution in [0.1, 0.15) is 33.6 Å². The van der Waals surface area contributed by atoms with Crippen molar-refractivity contribution in [1.29, 1.82) is 0 Å². The fourth-order valence-electron chi connectivity index (χ4n) is 1.69. The quantitative estimate of drug-likeness (QED) is 0.764. The van der Waals surface area contributed by atoms with Gasteiger partial charge in [0, 0.05) is 12.1 Å². The van der Waals surface area contributed by atoms with Crippen molar-refractivity contribution in [2.24, 2.45) is 5.73 Å². The van der Waals surface area contributed by atoms with Crippen molar-refractivity contribution >= 4 is 34.2 Å². The van der Waals surface area contributed by atoms with Crippen LogP contribution in [0.15, 0.2) is 28.7 Å². The Bertz CT molecular complexity index is 453. The van der Waals surface area contributed by atoms with Crippen molar-refractivity contribution in [3.63, 3.8) is 0 Å². The highest BCUT2D eigenvalue weighted by atomic mass is 79.9. The Morgan fingerprint density at radius 3 is 2.48 bits per heavy atom. The van der Waals surface area contributed by atoms with Crippen LogP contribution in [0.5, 0.6) is 5.75 Å². The Labute approximate surface area is 141 Å². The summed E-state index contributed by atoms with van der Waals surface area (Å²) in [6.45, 7) is 6.24. The van der Waals surface area contributed by atoms with Crippen molar-refractivity contribution in [2.45, 2.75) is 45.3 Å². The van der Waals surface area contributed by atoms with Crippen molar-refractivity contribution in [3.05, 3.63) is 28.7 Å². The summed E-state index contributed by atoms with van der Waals surface area (Å²) < 4.78 is 6.47. The monoisotopic (exact) mass is 378 g/mol. The molecule has 21 heavy (non-hydrogen) atoms. The zero-order valence-corrected chi connectivity index (χ0v) is 15.1. The van der Waals surface area contributed by atoms with Crippen molar-refractivity contribution in [2.75, 3.05) is 6.54 Å². The lowest BCUT2D eigenvalue weighted by Crippen LogP contribution is -2.51. The van der Waals surface area contributed by atoms with Crippen LogP contribution in [0.4, 0.5) is 0 Å². The third-order valence-electron chi connectivity index (χ3n) is 3.53. The molecule has 0 bridgehead atoms. The second-order valence-corrected chi connectivity index (χ2v) is 5.83.